The molecule has 0 spiro atoms. The number of nitrogens with one attached hydrogen (secondary N) is 1. The van der Waals surface area contributed by atoms with Crippen molar-refractivity contribution < 1.29 is 0 Å². The third kappa shape index (κ3) is 4.36. The van der Waals surface area contributed by atoms with Crippen LogP contribution in [0.5, 0.6) is 0 Å². The van der Waals surface area contributed by atoms with E-state index in [4.69, 9.17) is 0 Å². The molecule has 0 amide bonds. The quantitative estimate of drug-likeness (QED) is 0.831. The van der Waals surface area contributed by atoms with Gasteiger partial charge in [-0.25, -0.2) is 0 Å². The van der Waals surface area contributed by atoms with Crippen LogP contribution in [0.15, 0.2) is 15.9 Å². The van der Waals surface area contributed by atoms with Crippen molar-refractivity contribution in [2.24, 2.45) is 11.3 Å². The molecule has 1 aromatic rings. The van der Waals surface area contributed by atoms with Crippen molar-refractivity contribution in [2.75, 3.05) is 6.54 Å². The lowest BCUT2D eigenvalue weighted by molar-refractivity contribution is 0.152. The number of rotatable bonds is 4. The Kier molecular flexibility index (Phi) is 4.90. The average Bonchev–Trinajstić information content (AvgIpc) is 2.61. The normalized spacial score (nSPS) is 27.3. The van der Waals surface area contributed by atoms with Gasteiger partial charge in [0.15, 0.2) is 0 Å². The first-order valence-electron chi connectivity index (χ1n) is 6.92. The van der Waals surface area contributed by atoms with Crippen LogP contribution in [0.2, 0.25) is 0 Å². The van der Waals surface area contributed by atoms with Gasteiger partial charge in [-0.3, -0.25) is 0 Å². The smallest absolute Gasteiger partial charge is 0.0701 e. The van der Waals surface area contributed by atoms with Crippen molar-refractivity contribution in [1.29, 1.82) is 0 Å². The van der Waals surface area contributed by atoms with Gasteiger partial charge in [-0.2, -0.15) is 0 Å². The van der Waals surface area contributed by atoms with Crippen molar-refractivity contribution in [3.8, 4) is 0 Å². The van der Waals surface area contributed by atoms with Gasteiger partial charge in [-0.15, -0.1) is 11.3 Å². The largest absolute Gasteiger partial charge is 0.314 e. The van der Waals surface area contributed by atoms with E-state index >= 15 is 0 Å². The fourth-order valence-electron chi connectivity index (χ4n) is 3.39. The van der Waals surface area contributed by atoms with E-state index in [2.05, 4.69) is 54.2 Å². The third-order valence-corrected chi connectivity index (χ3v) is 5.50. The first-order chi connectivity index (χ1) is 8.44. The van der Waals surface area contributed by atoms with E-state index < -0.39 is 0 Å². The predicted octanol–water partition coefficient (Wildman–Crippen LogP) is 4.86. The minimum Gasteiger partial charge on any atom is -0.314 e. The van der Waals surface area contributed by atoms with Crippen LogP contribution in [0.1, 0.15) is 44.9 Å². The van der Waals surface area contributed by atoms with Crippen molar-refractivity contribution in [3.63, 3.8) is 0 Å². The van der Waals surface area contributed by atoms with Crippen molar-refractivity contribution in [1.82, 2.24) is 5.32 Å². The topological polar surface area (TPSA) is 12.0 Å². The zero-order valence-corrected chi connectivity index (χ0v) is 14.0. The van der Waals surface area contributed by atoms with Crippen LogP contribution in [0.25, 0.3) is 0 Å². The number of hydrogen-bond donors (Lipinski definition) is 1. The zero-order chi connectivity index (χ0) is 13.2. The first-order valence-corrected chi connectivity index (χ1v) is 8.53. The highest BCUT2D eigenvalue weighted by Crippen LogP contribution is 2.38. The highest BCUT2D eigenvalue weighted by Gasteiger charge is 2.31. The minimum absolute atomic E-state index is 0.515. The van der Waals surface area contributed by atoms with Gasteiger partial charge in [0.2, 0.25) is 0 Å². The van der Waals surface area contributed by atoms with Crippen molar-refractivity contribution in [3.05, 3.63) is 20.8 Å². The van der Waals surface area contributed by atoms with Gasteiger partial charge in [0.1, 0.15) is 0 Å². The van der Waals surface area contributed by atoms with Crippen LogP contribution in [0, 0.1) is 11.3 Å². The molecule has 1 aliphatic carbocycles. The summed E-state index contributed by atoms with van der Waals surface area (Å²) in [6.07, 6.45) is 5.20. The van der Waals surface area contributed by atoms with Crippen LogP contribution >= 0.6 is 27.3 Å². The van der Waals surface area contributed by atoms with Crippen molar-refractivity contribution >= 4 is 27.3 Å². The molecule has 1 heterocycles. The second-order valence-electron chi connectivity index (χ2n) is 6.52. The van der Waals surface area contributed by atoms with Crippen LogP contribution < -0.4 is 5.32 Å². The van der Waals surface area contributed by atoms with Gasteiger partial charge in [-0.1, -0.05) is 20.8 Å². The van der Waals surface area contributed by atoms with E-state index in [1.807, 2.05) is 11.3 Å². The molecule has 0 radical (unpaired) electrons. The molecule has 0 bridgehead atoms. The molecule has 1 saturated carbocycles. The molecule has 1 N–H and O–H groups in total. The summed E-state index contributed by atoms with van der Waals surface area (Å²) < 4.78 is 1.24. The maximum absolute atomic E-state index is 3.76. The fraction of sp³-hybridized carbons (Fsp3) is 0.733. The number of hydrogen-bond acceptors (Lipinski definition) is 2. The van der Waals surface area contributed by atoms with E-state index in [0.717, 1.165) is 18.9 Å². The number of halogens is 1. The SMILES string of the molecule is CC1CC(NCCc2ccc(Br)s2)CC(C)(C)C1. The second kappa shape index (κ2) is 6.06. The van der Waals surface area contributed by atoms with Crippen molar-refractivity contribution in [2.45, 2.75) is 52.5 Å². The van der Waals surface area contributed by atoms with Gasteiger partial charge in [0.05, 0.1) is 3.79 Å². The molecule has 2 rings (SSSR count). The lowest BCUT2D eigenvalue weighted by Gasteiger charge is -2.39. The first kappa shape index (κ1) is 14.5. The van der Waals surface area contributed by atoms with Gasteiger partial charge < -0.3 is 5.32 Å². The van der Waals surface area contributed by atoms with Crippen LogP contribution in [-0.4, -0.2) is 12.6 Å². The minimum atomic E-state index is 0.515. The highest BCUT2D eigenvalue weighted by atomic mass is 79.9. The maximum atomic E-state index is 3.76. The molecular formula is C15H24BrNS. The molecule has 0 aromatic carbocycles. The van der Waals surface area contributed by atoms with E-state index in [-0.39, 0.29) is 0 Å². The Hall–Kier alpha value is 0.140. The summed E-state index contributed by atoms with van der Waals surface area (Å²) in [5.74, 6) is 0.863. The Morgan fingerprint density at radius 3 is 2.78 bits per heavy atom. The molecule has 18 heavy (non-hydrogen) atoms. The maximum Gasteiger partial charge on any atom is 0.0701 e. The van der Waals surface area contributed by atoms with E-state index in [0.29, 0.717) is 11.5 Å². The average molecular weight is 330 g/mol. The summed E-state index contributed by atoms with van der Waals surface area (Å²) in [6.45, 7) is 8.33. The molecule has 3 heteroatoms. The zero-order valence-electron chi connectivity index (χ0n) is 11.6. The summed E-state index contributed by atoms with van der Waals surface area (Å²) in [5, 5.41) is 3.76. The Bertz CT molecular complexity index is 386. The summed E-state index contributed by atoms with van der Waals surface area (Å²) in [5.41, 5.74) is 0.515. The van der Waals surface area contributed by atoms with Crippen LogP contribution in [-0.2, 0) is 6.42 Å². The molecular weight excluding hydrogens is 306 g/mol. The van der Waals surface area contributed by atoms with Gasteiger partial charge >= 0.3 is 0 Å². The van der Waals surface area contributed by atoms with Gasteiger partial charge in [0.25, 0.3) is 0 Å². The Labute approximate surface area is 123 Å². The Morgan fingerprint density at radius 1 is 1.39 bits per heavy atom. The fourth-order valence-corrected chi connectivity index (χ4v) is 4.87. The highest BCUT2D eigenvalue weighted by molar-refractivity contribution is 9.11. The van der Waals surface area contributed by atoms with Crippen LogP contribution in [0.4, 0.5) is 0 Å². The monoisotopic (exact) mass is 329 g/mol. The van der Waals surface area contributed by atoms with Crippen LogP contribution in [0.3, 0.4) is 0 Å². The Morgan fingerprint density at radius 2 is 2.17 bits per heavy atom. The van der Waals surface area contributed by atoms with E-state index in [1.54, 1.807) is 0 Å². The molecule has 1 fully saturated rings. The summed E-state index contributed by atoms with van der Waals surface area (Å²) in [6, 6.07) is 5.09. The van der Waals surface area contributed by atoms with Gasteiger partial charge in [-0.05, 0) is 65.1 Å². The molecule has 2 unspecified atom stereocenters. The Balaban J connectivity index is 1.76. The molecule has 0 saturated heterocycles. The third-order valence-electron chi connectivity index (χ3n) is 3.82. The molecule has 1 nitrogen and oxygen atoms in total. The van der Waals surface area contributed by atoms with E-state index in [1.165, 1.54) is 27.9 Å². The number of thiophene rings is 1. The molecule has 102 valence electrons. The second-order valence-corrected chi connectivity index (χ2v) is 9.07. The van der Waals surface area contributed by atoms with E-state index in [9.17, 15) is 0 Å². The lowest BCUT2D eigenvalue weighted by Crippen LogP contribution is -2.40. The lowest BCUT2D eigenvalue weighted by atomic mass is 9.70. The van der Waals surface area contributed by atoms with Gasteiger partial charge in [0, 0.05) is 17.5 Å². The molecule has 1 aromatic heterocycles. The standard InChI is InChI=1S/C15H24BrNS/c1-11-8-12(10-15(2,3)9-11)17-7-6-13-4-5-14(16)18-13/h4-5,11-12,17H,6-10H2,1-3H3. The summed E-state index contributed by atoms with van der Waals surface area (Å²) in [7, 11) is 0. The predicted molar refractivity (Wildman–Crippen MR) is 84.3 cm³/mol. The summed E-state index contributed by atoms with van der Waals surface area (Å²) >= 11 is 5.37. The summed E-state index contributed by atoms with van der Waals surface area (Å²) in [4.78, 5) is 1.47. The molecule has 1 aliphatic rings. The molecule has 0 aliphatic heterocycles. The molecule has 2 atom stereocenters.